The Hall–Kier alpha value is -4.45. The van der Waals surface area contributed by atoms with Gasteiger partial charge in [0.15, 0.2) is 0 Å². The van der Waals surface area contributed by atoms with E-state index in [9.17, 15) is 14.4 Å². The normalized spacial score (nSPS) is 15.3. The lowest BCUT2D eigenvalue weighted by molar-refractivity contribution is -0.122. The van der Waals surface area contributed by atoms with Crippen molar-refractivity contribution >= 4 is 40.5 Å². The van der Waals surface area contributed by atoms with Crippen molar-refractivity contribution in [2.45, 2.75) is 20.4 Å². The number of hydrogen-bond donors (Lipinski definition) is 1. The van der Waals surface area contributed by atoms with Gasteiger partial charge in [-0.3, -0.25) is 14.9 Å². The maximum absolute atomic E-state index is 13.3. The van der Waals surface area contributed by atoms with Crippen molar-refractivity contribution in [3.63, 3.8) is 0 Å². The molecule has 0 unspecified atom stereocenters. The minimum absolute atomic E-state index is 0.0846. The zero-order valence-electron chi connectivity index (χ0n) is 18.9. The fraction of sp³-hybridized carbons (Fsp3) is 0.107. The van der Waals surface area contributed by atoms with Crippen molar-refractivity contribution in [2.24, 2.45) is 0 Å². The molecule has 3 aromatic carbocycles. The van der Waals surface area contributed by atoms with Crippen LogP contribution in [0.15, 0.2) is 84.6 Å². The van der Waals surface area contributed by atoms with Crippen LogP contribution in [0.2, 0.25) is 0 Å². The predicted molar refractivity (Wildman–Crippen MR) is 132 cm³/mol. The Morgan fingerprint density at radius 3 is 2.38 bits per heavy atom. The molecule has 6 nitrogen and oxygen atoms in total. The third kappa shape index (κ3) is 3.90. The molecular weight excluding hydrogens is 426 g/mol. The maximum atomic E-state index is 13.3. The second-order valence-corrected chi connectivity index (χ2v) is 8.51. The number of para-hydroxylation sites is 1. The van der Waals surface area contributed by atoms with Crippen molar-refractivity contribution in [2.75, 3.05) is 4.90 Å². The Balaban J connectivity index is 1.56. The van der Waals surface area contributed by atoms with Gasteiger partial charge in [0.1, 0.15) is 5.57 Å². The highest BCUT2D eigenvalue weighted by Gasteiger charge is 2.37. The van der Waals surface area contributed by atoms with Gasteiger partial charge in [-0.15, -0.1) is 0 Å². The summed E-state index contributed by atoms with van der Waals surface area (Å²) in [6, 6.07) is 22.4. The molecule has 168 valence electrons. The van der Waals surface area contributed by atoms with Gasteiger partial charge in [-0.25, -0.2) is 9.69 Å². The summed E-state index contributed by atoms with van der Waals surface area (Å²) >= 11 is 0. The number of imide groups is 2. The van der Waals surface area contributed by atoms with Crippen molar-refractivity contribution in [3.05, 3.63) is 107 Å². The van der Waals surface area contributed by atoms with Gasteiger partial charge >= 0.3 is 6.03 Å². The molecule has 0 radical (unpaired) electrons. The zero-order chi connectivity index (χ0) is 23.8. The lowest BCUT2D eigenvalue weighted by atomic mass is 10.1. The Kier molecular flexibility index (Phi) is 5.34. The molecule has 1 aliphatic rings. The third-order valence-corrected chi connectivity index (χ3v) is 5.95. The first kappa shape index (κ1) is 21.4. The van der Waals surface area contributed by atoms with Crippen molar-refractivity contribution in [1.29, 1.82) is 0 Å². The number of amides is 4. The average molecular weight is 450 g/mol. The number of urea groups is 1. The second kappa shape index (κ2) is 8.48. The number of aromatic nitrogens is 1. The smallest absolute Gasteiger partial charge is 0.335 e. The molecule has 0 aliphatic carbocycles. The van der Waals surface area contributed by atoms with Crippen molar-refractivity contribution < 1.29 is 14.4 Å². The van der Waals surface area contributed by atoms with Crippen LogP contribution in [0.4, 0.5) is 10.5 Å². The second-order valence-electron chi connectivity index (χ2n) is 8.51. The number of nitrogens with zero attached hydrogens (tertiary/aromatic N) is 2. The highest BCUT2D eigenvalue weighted by molar-refractivity contribution is 6.39. The van der Waals surface area contributed by atoms with Gasteiger partial charge in [0.25, 0.3) is 11.8 Å². The van der Waals surface area contributed by atoms with E-state index >= 15 is 0 Å². The molecular formula is C28H23N3O3. The molecule has 34 heavy (non-hydrogen) atoms. The minimum atomic E-state index is -0.752. The number of benzene rings is 3. The van der Waals surface area contributed by atoms with Gasteiger partial charge in [0.2, 0.25) is 0 Å². The number of hydrogen-bond acceptors (Lipinski definition) is 3. The number of fused-ring (bicyclic) bond motifs is 1. The number of nitrogens with one attached hydrogen (secondary N) is 1. The molecule has 0 saturated carbocycles. The Labute approximate surface area is 197 Å². The predicted octanol–water partition coefficient (Wildman–Crippen LogP) is 4.97. The minimum Gasteiger partial charge on any atom is -0.342 e. The van der Waals surface area contributed by atoms with E-state index in [2.05, 4.69) is 35.0 Å². The van der Waals surface area contributed by atoms with Crippen LogP contribution in [0.3, 0.4) is 0 Å². The fourth-order valence-electron chi connectivity index (χ4n) is 4.27. The summed E-state index contributed by atoms with van der Waals surface area (Å²) in [6.07, 6.45) is 3.51. The monoisotopic (exact) mass is 449 g/mol. The number of carbonyl (C=O) groups is 3. The molecule has 0 atom stereocenters. The van der Waals surface area contributed by atoms with Gasteiger partial charge in [-0.1, -0.05) is 65.7 Å². The van der Waals surface area contributed by atoms with Crippen LogP contribution in [0.25, 0.3) is 17.0 Å². The molecule has 2 heterocycles. The third-order valence-electron chi connectivity index (χ3n) is 5.95. The lowest BCUT2D eigenvalue weighted by Crippen LogP contribution is -2.54. The number of carbonyl (C=O) groups excluding carboxylic acids is 3. The standard InChI is InChI=1S/C28H23N3O3/c1-18-10-12-22(13-11-18)31-27(33)24(26(32)29-28(31)34)15-21-17-30(25-9-4-3-8-23(21)25)16-20-7-5-6-19(2)14-20/h3-15,17H,16H2,1-2H3,(H,29,32,34). The van der Waals surface area contributed by atoms with Crippen LogP contribution in [-0.4, -0.2) is 22.4 Å². The summed E-state index contributed by atoms with van der Waals surface area (Å²) in [6.45, 7) is 4.63. The number of aryl methyl sites for hydroxylation is 2. The Morgan fingerprint density at radius 2 is 1.62 bits per heavy atom. The van der Waals surface area contributed by atoms with E-state index in [0.29, 0.717) is 12.2 Å². The first-order valence-corrected chi connectivity index (χ1v) is 11.0. The van der Waals surface area contributed by atoms with E-state index in [1.54, 1.807) is 18.2 Å². The van der Waals surface area contributed by atoms with Gasteiger partial charge < -0.3 is 4.57 Å². The Morgan fingerprint density at radius 1 is 0.853 bits per heavy atom. The maximum Gasteiger partial charge on any atom is 0.335 e. The topological polar surface area (TPSA) is 71.4 Å². The van der Waals surface area contributed by atoms with E-state index < -0.39 is 17.8 Å². The summed E-state index contributed by atoms with van der Waals surface area (Å²) in [5.41, 5.74) is 5.39. The van der Waals surface area contributed by atoms with Gasteiger partial charge in [0, 0.05) is 29.2 Å². The molecule has 5 rings (SSSR count). The van der Waals surface area contributed by atoms with E-state index in [1.807, 2.05) is 55.6 Å². The van der Waals surface area contributed by atoms with Gasteiger partial charge in [0.05, 0.1) is 5.69 Å². The molecule has 1 fully saturated rings. The van der Waals surface area contributed by atoms with Crippen LogP contribution in [0, 0.1) is 13.8 Å². The van der Waals surface area contributed by atoms with E-state index in [-0.39, 0.29) is 5.57 Å². The van der Waals surface area contributed by atoms with E-state index in [4.69, 9.17) is 0 Å². The summed E-state index contributed by atoms with van der Waals surface area (Å²) in [4.78, 5) is 39.4. The van der Waals surface area contributed by atoms with Crippen LogP contribution < -0.4 is 10.2 Å². The summed E-state index contributed by atoms with van der Waals surface area (Å²) in [5, 5.41) is 3.21. The number of rotatable bonds is 4. The largest absolute Gasteiger partial charge is 0.342 e. The van der Waals surface area contributed by atoms with Gasteiger partial charge in [-0.05, 0) is 43.7 Å². The first-order chi connectivity index (χ1) is 16.4. The molecule has 0 spiro atoms. The number of anilines is 1. The van der Waals surface area contributed by atoms with Crippen LogP contribution in [0.5, 0.6) is 0 Å². The van der Waals surface area contributed by atoms with Crippen molar-refractivity contribution in [1.82, 2.24) is 9.88 Å². The van der Waals surface area contributed by atoms with Gasteiger partial charge in [-0.2, -0.15) is 0 Å². The molecule has 4 aromatic rings. The van der Waals surface area contributed by atoms with Crippen LogP contribution in [0.1, 0.15) is 22.3 Å². The highest BCUT2D eigenvalue weighted by atomic mass is 16.2. The quantitative estimate of drug-likeness (QED) is 0.353. The molecule has 1 aliphatic heterocycles. The average Bonchev–Trinajstić information content (AvgIpc) is 3.15. The molecule has 6 heteroatoms. The Bertz CT molecular complexity index is 1480. The SMILES string of the molecule is Cc1ccc(N2C(=O)NC(=O)C(=Cc3cn(Cc4cccc(C)c4)c4ccccc34)C2=O)cc1. The molecule has 4 amide bonds. The van der Waals surface area contributed by atoms with Crippen LogP contribution in [-0.2, 0) is 16.1 Å². The lowest BCUT2D eigenvalue weighted by Gasteiger charge is -2.26. The summed E-state index contributed by atoms with van der Waals surface area (Å²) in [5.74, 6) is -1.35. The highest BCUT2D eigenvalue weighted by Crippen LogP contribution is 2.27. The molecule has 1 aromatic heterocycles. The van der Waals surface area contributed by atoms with Crippen molar-refractivity contribution in [3.8, 4) is 0 Å². The first-order valence-electron chi connectivity index (χ1n) is 11.0. The van der Waals surface area contributed by atoms with E-state index in [1.165, 1.54) is 5.56 Å². The van der Waals surface area contributed by atoms with E-state index in [0.717, 1.165) is 32.5 Å². The zero-order valence-corrected chi connectivity index (χ0v) is 18.9. The summed E-state index contributed by atoms with van der Waals surface area (Å²) in [7, 11) is 0. The molecule has 0 bridgehead atoms. The molecule has 1 saturated heterocycles. The van der Waals surface area contributed by atoms with Crippen LogP contribution >= 0.6 is 0 Å². The fourth-order valence-corrected chi connectivity index (χ4v) is 4.27. The summed E-state index contributed by atoms with van der Waals surface area (Å²) < 4.78 is 2.10. The number of barbiturate groups is 1. The molecule has 1 N–H and O–H groups in total.